The lowest BCUT2D eigenvalue weighted by Crippen LogP contribution is -2.35. The molecule has 2 rings (SSSR count). The molecule has 1 aromatic carbocycles. The molecule has 7 heteroatoms. The zero-order chi connectivity index (χ0) is 15.2. The van der Waals surface area contributed by atoms with Crippen LogP contribution in [0.5, 0.6) is 5.75 Å². The Kier molecular flexibility index (Phi) is 5.72. The zero-order valence-corrected chi connectivity index (χ0v) is 13.8. The second kappa shape index (κ2) is 7.53. The Morgan fingerprint density at radius 1 is 1.48 bits per heavy atom. The highest BCUT2D eigenvalue weighted by Crippen LogP contribution is 2.17. The fraction of sp³-hybridized carbons (Fsp3) is 0.286. The van der Waals surface area contributed by atoms with Crippen molar-refractivity contribution >= 4 is 33.2 Å². The molecule has 0 aliphatic carbocycles. The Labute approximate surface area is 135 Å². The normalized spacial score (nSPS) is 12.0. The van der Waals surface area contributed by atoms with Crippen LogP contribution in [0.1, 0.15) is 17.6 Å². The lowest BCUT2D eigenvalue weighted by molar-refractivity contribution is -0.127. The molecule has 0 aliphatic heterocycles. The van der Waals surface area contributed by atoms with Gasteiger partial charge in [-0.2, -0.15) is 0 Å². The maximum Gasteiger partial charge on any atom is 0.261 e. The van der Waals surface area contributed by atoms with E-state index >= 15 is 0 Å². The molecular formula is C14H15BrN2O3S. The number of benzene rings is 1. The van der Waals surface area contributed by atoms with Crippen LogP contribution in [0.25, 0.3) is 0 Å². The second-order valence-electron chi connectivity index (χ2n) is 4.32. The number of ether oxygens (including phenoxy) is 1. The van der Waals surface area contributed by atoms with Crippen molar-refractivity contribution in [2.24, 2.45) is 0 Å². The average Bonchev–Trinajstić information content (AvgIpc) is 2.95. The molecule has 1 amide bonds. The molecule has 0 saturated heterocycles. The number of carbonyl (C=O) groups excluding carboxylic acids is 1. The Balaban J connectivity index is 1.83. The monoisotopic (exact) mass is 370 g/mol. The summed E-state index contributed by atoms with van der Waals surface area (Å²) in [7, 11) is 0. The number of hydrogen-bond donors (Lipinski definition) is 2. The minimum absolute atomic E-state index is 0.0898. The highest BCUT2D eigenvalue weighted by atomic mass is 79.9. The largest absolute Gasteiger partial charge is 0.481 e. The maximum absolute atomic E-state index is 11.9. The minimum atomic E-state index is -0.594. The van der Waals surface area contributed by atoms with Crippen LogP contribution in [0.15, 0.2) is 34.1 Å². The summed E-state index contributed by atoms with van der Waals surface area (Å²) < 4.78 is 6.51. The van der Waals surface area contributed by atoms with E-state index < -0.39 is 6.10 Å². The number of aromatic nitrogens is 1. The topological polar surface area (TPSA) is 71.5 Å². The van der Waals surface area contributed by atoms with Gasteiger partial charge in [0.05, 0.1) is 18.8 Å². The van der Waals surface area contributed by atoms with Crippen LogP contribution in [0.4, 0.5) is 0 Å². The van der Waals surface area contributed by atoms with Gasteiger partial charge in [0.2, 0.25) is 0 Å². The third kappa shape index (κ3) is 4.80. The summed E-state index contributed by atoms with van der Waals surface area (Å²) in [5, 5.41) is 14.2. The van der Waals surface area contributed by atoms with Crippen molar-refractivity contribution in [1.29, 1.82) is 0 Å². The van der Waals surface area contributed by atoms with Gasteiger partial charge in [-0.1, -0.05) is 15.9 Å². The van der Waals surface area contributed by atoms with Crippen molar-refractivity contribution in [3.63, 3.8) is 0 Å². The van der Waals surface area contributed by atoms with E-state index in [1.54, 1.807) is 24.4 Å². The number of nitrogens with zero attached hydrogens (tertiary/aromatic N) is 1. The molecule has 2 N–H and O–H groups in total. The van der Waals surface area contributed by atoms with E-state index in [2.05, 4.69) is 26.2 Å². The lowest BCUT2D eigenvalue weighted by Gasteiger charge is -2.14. The van der Waals surface area contributed by atoms with Crippen LogP contribution in [-0.4, -0.2) is 22.1 Å². The fourth-order valence-electron chi connectivity index (χ4n) is 1.58. The Morgan fingerprint density at radius 3 is 2.81 bits per heavy atom. The first-order chi connectivity index (χ1) is 10.1. The van der Waals surface area contributed by atoms with E-state index in [-0.39, 0.29) is 12.5 Å². The molecule has 5 nitrogen and oxygen atoms in total. The van der Waals surface area contributed by atoms with E-state index in [0.717, 1.165) is 9.48 Å². The van der Waals surface area contributed by atoms with E-state index in [0.29, 0.717) is 18.0 Å². The van der Waals surface area contributed by atoms with E-state index in [1.165, 1.54) is 11.3 Å². The van der Waals surface area contributed by atoms with Gasteiger partial charge < -0.3 is 15.2 Å². The van der Waals surface area contributed by atoms with Crippen LogP contribution in [0.2, 0.25) is 0 Å². The van der Waals surface area contributed by atoms with Gasteiger partial charge in [-0.25, -0.2) is 4.98 Å². The Bertz CT molecular complexity index is 601. The molecule has 0 fully saturated rings. The Morgan fingerprint density at radius 2 is 2.19 bits per heavy atom. The standard InChI is InChI=1S/C14H15BrN2O3S/c1-9(20-12-4-2-10(15)3-5-12)14(19)16-6-13-17-11(7-18)8-21-13/h2-5,8-9,18H,6-7H2,1H3,(H,16,19)/t9-/m1/s1. The molecule has 112 valence electrons. The van der Waals surface area contributed by atoms with Gasteiger partial charge in [-0.15, -0.1) is 11.3 Å². The van der Waals surface area contributed by atoms with Gasteiger partial charge in [0.25, 0.3) is 5.91 Å². The molecule has 1 aromatic heterocycles. The number of halogens is 1. The molecule has 0 radical (unpaired) electrons. The van der Waals surface area contributed by atoms with Crippen molar-refractivity contribution < 1.29 is 14.6 Å². The molecule has 0 unspecified atom stereocenters. The SMILES string of the molecule is C[C@@H](Oc1ccc(Br)cc1)C(=O)NCc1nc(CO)cs1. The van der Waals surface area contributed by atoms with Crippen molar-refractivity contribution in [2.75, 3.05) is 0 Å². The first-order valence-corrected chi connectivity index (χ1v) is 8.00. The number of carbonyl (C=O) groups is 1. The van der Waals surface area contributed by atoms with Gasteiger partial charge >= 0.3 is 0 Å². The van der Waals surface area contributed by atoms with Gasteiger partial charge in [0.15, 0.2) is 6.10 Å². The van der Waals surface area contributed by atoms with Crippen molar-refractivity contribution in [3.05, 3.63) is 44.8 Å². The van der Waals surface area contributed by atoms with Crippen molar-refractivity contribution in [3.8, 4) is 5.75 Å². The highest BCUT2D eigenvalue weighted by molar-refractivity contribution is 9.10. The Hall–Kier alpha value is -1.44. The summed E-state index contributed by atoms with van der Waals surface area (Å²) in [6.07, 6.45) is -0.594. The zero-order valence-electron chi connectivity index (χ0n) is 11.4. The summed E-state index contributed by atoms with van der Waals surface area (Å²) in [6.45, 7) is 1.93. The molecule has 0 spiro atoms. The number of aliphatic hydroxyl groups excluding tert-OH is 1. The molecule has 0 bridgehead atoms. The van der Waals surface area contributed by atoms with Crippen LogP contribution < -0.4 is 10.1 Å². The lowest BCUT2D eigenvalue weighted by atomic mass is 10.3. The maximum atomic E-state index is 11.9. The summed E-state index contributed by atoms with van der Waals surface area (Å²) in [5.41, 5.74) is 0.614. The summed E-state index contributed by atoms with van der Waals surface area (Å²) in [4.78, 5) is 16.1. The molecule has 2 aromatic rings. The average molecular weight is 371 g/mol. The number of aliphatic hydroxyl groups is 1. The molecule has 21 heavy (non-hydrogen) atoms. The molecule has 1 atom stereocenters. The third-order valence-corrected chi connectivity index (χ3v) is 4.10. The van der Waals surface area contributed by atoms with Crippen LogP contribution in [0, 0.1) is 0 Å². The quantitative estimate of drug-likeness (QED) is 0.819. The fourth-order valence-corrected chi connectivity index (χ4v) is 2.57. The van der Waals surface area contributed by atoms with E-state index in [1.807, 2.05) is 12.1 Å². The second-order valence-corrected chi connectivity index (χ2v) is 6.18. The molecule has 0 saturated carbocycles. The molecule has 0 aliphatic rings. The summed E-state index contributed by atoms with van der Waals surface area (Å²) in [5.74, 6) is 0.427. The van der Waals surface area contributed by atoms with Crippen LogP contribution in [-0.2, 0) is 17.9 Å². The summed E-state index contributed by atoms with van der Waals surface area (Å²) in [6, 6.07) is 7.29. The number of hydrogen-bond acceptors (Lipinski definition) is 5. The summed E-state index contributed by atoms with van der Waals surface area (Å²) >= 11 is 4.74. The highest BCUT2D eigenvalue weighted by Gasteiger charge is 2.14. The minimum Gasteiger partial charge on any atom is -0.481 e. The molecular weight excluding hydrogens is 356 g/mol. The van der Waals surface area contributed by atoms with Gasteiger partial charge in [0, 0.05) is 9.85 Å². The number of nitrogens with one attached hydrogen (secondary N) is 1. The number of rotatable bonds is 6. The van der Waals surface area contributed by atoms with Crippen LogP contribution >= 0.6 is 27.3 Å². The van der Waals surface area contributed by atoms with E-state index in [4.69, 9.17) is 9.84 Å². The van der Waals surface area contributed by atoms with Crippen LogP contribution in [0.3, 0.4) is 0 Å². The smallest absolute Gasteiger partial charge is 0.261 e. The van der Waals surface area contributed by atoms with Gasteiger partial charge in [-0.3, -0.25) is 4.79 Å². The first kappa shape index (κ1) is 15.9. The van der Waals surface area contributed by atoms with Gasteiger partial charge in [-0.05, 0) is 31.2 Å². The van der Waals surface area contributed by atoms with E-state index in [9.17, 15) is 4.79 Å². The first-order valence-electron chi connectivity index (χ1n) is 6.32. The third-order valence-electron chi connectivity index (χ3n) is 2.67. The number of amides is 1. The van der Waals surface area contributed by atoms with Crippen molar-refractivity contribution in [2.45, 2.75) is 26.2 Å². The predicted octanol–water partition coefficient (Wildman–Crippen LogP) is 2.48. The predicted molar refractivity (Wildman–Crippen MR) is 84.1 cm³/mol. The number of thiazole rings is 1. The van der Waals surface area contributed by atoms with Crippen molar-refractivity contribution in [1.82, 2.24) is 10.3 Å². The molecule has 1 heterocycles. The van der Waals surface area contributed by atoms with Gasteiger partial charge in [0.1, 0.15) is 10.8 Å².